The molecule has 2 aromatic carbocycles. The van der Waals surface area contributed by atoms with Gasteiger partial charge in [-0.25, -0.2) is 0 Å². The van der Waals surface area contributed by atoms with E-state index in [1.165, 1.54) is 11.6 Å². The normalized spacial score (nSPS) is 12.2. The number of hydrogen-bond acceptors (Lipinski definition) is 3. The highest BCUT2D eigenvalue weighted by Gasteiger charge is 2.13. The van der Waals surface area contributed by atoms with Crippen LogP contribution < -0.4 is 5.32 Å². The van der Waals surface area contributed by atoms with Gasteiger partial charge in [-0.1, -0.05) is 6.07 Å². The van der Waals surface area contributed by atoms with Gasteiger partial charge in [0.25, 0.3) is 0 Å². The minimum Gasteiger partial charge on any atom is -0.508 e. The highest BCUT2D eigenvalue weighted by molar-refractivity contribution is 9.10. The van der Waals surface area contributed by atoms with E-state index in [-0.39, 0.29) is 17.5 Å². The zero-order valence-corrected chi connectivity index (χ0v) is 13.3. The minimum atomic E-state index is -0.0756. The molecule has 0 saturated carbocycles. The molecule has 0 amide bonds. The lowest BCUT2D eigenvalue weighted by Gasteiger charge is -2.20. The first kappa shape index (κ1) is 14.7. The molecule has 0 radical (unpaired) electrons. The lowest BCUT2D eigenvalue weighted by molar-refractivity contribution is 0.444. The quantitative estimate of drug-likeness (QED) is 0.765. The third kappa shape index (κ3) is 3.07. The topological polar surface area (TPSA) is 52.5 Å². The van der Waals surface area contributed by atoms with E-state index in [1.807, 2.05) is 13.8 Å². The summed E-state index contributed by atoms with van der Waals surface area (Å²) in [6.45, 7) is 6.07. The standard InChI is InChI=1S/C16H18BrNO2/c1-9-6-10(2)16(14(17)7-9)18-11(3)13-5-4-12(19)8-15(13)20/h4-8,11,18-20H,1-3H3. The van der Waals surface area contributed by atoms with E-state index in [4.69, 9.17) is 0 Å². The molecular weight excluding hydrogens is 318 g/mol. The van der Waals surface area contributed by atoms with Gasteiger partial charge in [0.1, 0.15) is 11.5 Å². The lowest BCUT2D eigenvalue weighted by Crippen LogP contribution is -2.08. The fourth-order valence-corrected chi connectivity index (χ4v) is 3.08. The fourth-order valence-electron chi connectivity index (χ4n) is 2.29. The van der Waals surface area contributed by atoms with Crippen molar-refractivity contribution in [3.05, 3.63) is 51.5 Å². The van der Waals surface area contributed by atoms with Crippen molar-refractivity contribution in [3.63, 3.8) is 0 Å². The van der Waals surface area contributed by atoms with Crippen LogP contribution in [0.15, 0.2) is 34.8 Å². The van der Waals surface area contributed by atoms with Crippen LogP contribution in [0.4, 0.5) is 5.69 Å². The number of hydrogen-bond donors (Lipinski definition) is 3. The van der Waals surface area contributed by atoms with Crippen molar-refractivity contribution in [1.29, 1.82) is 0 Å². The summed E-state index contributed by atoms with van der Waals surface area (Å²) in [6, 6.07) is 8.73. The molecule has 0 fully saturated rings. The molecule has 0 bridgehead atoms. The van der Waals surface area contributed by atoms with Gasteiger partial charge in [-0.2, -0.15) is 0 Å². The van der Waals surface area contributed by atoms with Crippen molar-refractivity contribution in [2.75, 3.05) is 5.32 Å². The Balaban J connectivity index is 2.30. The zero-order chi connectivity index (χ0) is 14.9. The average molecular weight is 336 g/mol. The van der Waals surface area contributed by atoms with Crippen LogP contribution in [-0.2, 0) is 0 Å². The number of halogens is 1. The van der Waals surface area contributed by atoms with Crippen LogP contribution in [0.3, 0.4) is 0 Å². The van der Waals surface area contributed by atoms with Crippen molar-refractivity contribution in [2.24, 2.45) is 0 Å². The molecule has 2 rings (SSSR count). The van der Waals surface area contributed by atoms with Crippen molar-refractivity contribution < 1.29 is 10.2 Å². The molecule has 0 aliphatic rings. The molecule has 0 aliphatic carbocycles. The number of aryl methyl sites for hydroxylation is 2. The molecule has 20 heavy (non-hydrogen) atoms. The van der Waals surface area contributed by atoms with E-state index in [0.29, 0.717) is 0 Å². The second-order valence-electron chi connectivity index (χ2n) is 5.05. The first-order chi connectivity index (χ1) is 9.38. The summed E-state index contributed by atoms with van der Waals surface area (Å²) < 4.78 is 1.00. The Bertz CT molecular complexity index is 617. The third-order valence-corrected chi connectivity index (χ3v) is 3.90. The van der Waals surface area contributed by atoms with E-state index >= 15 is 0 Å². The maximum atomic E-state index is 9.91. The predicted molar refractivity (Wildman–Crippen MR) is 85.4 cm³/mol. The van der Waals surface area contributed by atoms with Gasteiger partial charge in [-0.15, -0.1) is 0 Å². The first-order valence-electron chi connectivity index (χ1n) is 6.43. The zero-order valence-electron chi connectivity index (χ0n) is 11.7. The third-order valence-electron chi connectivity index (χ3n) is 3.27. The highest BCUT2D eigenvalue weighted by atomic mass is 79.9. The van der Waals surface area contributed by atoms with Crippen LogP contribution in [0.5, 0.6) is 11.5 Å². The van der Waals surface area contributed by atoms with E-state index in [2.05, 4.69) is 40.3 Å². The molecule has 0 aromatic heterocycles. The van der Waals surface area contributed by atoms with Gasteiger partial charge in [0.15, 0.2) is 0 Å². The molecule has 0 heterocycles. The molecule has 0 aliphatic heterocycles. The average Bonchev–Trinajstić information content (AvgIpc) is 2.33. The predicted octanol–water partition coefficient (Wildman–Crippen LogP) is 4.65. The second-order valence-corrected chi connectivity index (χ2v) is 5.90. The van der Waals surface area contributed by atoms with Gasteiger partial charge in [0.05, 0.1) is 11.7 Å². The molecule has 0 saturated heterocycles. The van der Waals surface area contributed by atoms with Gasteiger partial charge >= 0.3 is 0 Å². The van der Waals surface area contributed by atoms with E-state index in [0.717, 1.165) is 21.3 Å². The van der Waals surface area contributed by atoms with Crippen LogP contribution in [0.25, 0.3) is 0 Å². The van der Waals surface area contributed by atoms with Crippen molar-refractivity contribution in [3.8, 4) is 11.5 Å². The number of benzene rings is 2. The largest absolute Gasteiger partial charge is 0.508 e. The van der Waals surface area contributed by atoms with Crippen LogP contribution in [0.1, 0.15) is 29.7 Å². The number of phenols is 2. The van der Waals surface area contributed by atoms with Gasteiger partial charge in [-0.3, -0.25) is 0 Å². The Labute approximate surface area is 127 Å². The molecule has 106 valence electrons. The Kier molecular flexibility index (Phi) is 4.23. The van der Waals surface area contributed by atoms with Gasteiger partial charge in [0, 0.05) is 16.1 Å². The Morgan fingerprint density at radius 1 is 1.10 bits per heavy atom. The maximum absolute atomic E-state index is 9.91. The van der Waals surface area contributed by atoms with Gasteiger partial charge in [0.2, 0.25) is 0 Å². The summed E-state index contributed by atoms with van der Waals surface area (Å²) in [5.41, 5.74) is 4.09. The Hall–Kier alpha value is -1.68. The monoisotopic (exact) mass is 335 g/mol. The summed E-state index contributed by atoms with van der Waals surface area (Å²) in [6.07, 6.45) is 0. The summed E-state index contributed by atoms with van der Waals surface area (Å²) in [5, 5.41) is 22.6. The van der Waals surface area contributed by atoms with E-state index < -0.39 is 0 Å². The fraction of sp³-hybridized carbons (Fsp3) is 0.250. The van der Waals surface area contributed by atoms with Crippen molar-refractivity contribution in [2.45, 2.75) is 26.8 Å². The molecule has 0 spiro atoms. The second kappa shape index (κ2) is 5.75. The van der Waals surface area contributed by atoms with E-state index in [1.54, 1.807) is 12.1 Å². The molecule has 3 nitrogen and oxygen atoms in total. The SMILES string of the molecule is Cc1cc(C)c(NC(C)c2ccc(O)cc2O)c(Br)c1. The summed E-state index contributed by atoms with van der Waals surface area (Å²) in [5.74, 6) is 0.150. The van der Waals surface area contributed by atoms with Gasteiger partial charge in [-0.05, 0) is 66.0 Å². The van der Waals surface area contributed by atoms with Crippen molar-refractivity contribution in [1.82, 2.24) is 0 Å². The summed E-state index contributed by atoms with van der Waals surface area (Å²) in [4.78, 5) is 0. The summed E-state index contributed by atoms with van der Waals surface area (Å²) >= 11 is 3.56. The molecule has 3 N–H and O–H groups in total. The van der Waals surface area contributed by atoms with Crippen LogP contribution in [-0.4, -0.2) is 10.2 Å². The number of nitrogens with one attached hydrogen (secondary N) is 1. The number of anilines is 1. The van der Waals surface area contributed by atoms with Crippen molar-refractivity contribution >= 4 is 21.6 Å². The van der Waals surface area contributed by atoms with Crippen LogP contribution >= 0.6 is 15.9 Å². The molecule has 1 atom stereocenters. The first-order valence-corrected chi connectivity index (χ1v) is 7.23. The molecule has 2 aromatic rings. The minimum absolute atomic E-state index is 0.0612. The summed E-state index contributed by atoms with van der Waals surface area (Å²) in [7, 11) is 0. The lowest BCUT2D eigenvalue weighted by atomic mass is 10.0. The molecule has 1 unspecified atom stereocenters. The van der Waals surface area contributed by atoms with Gasteiger partial charge < -0.3 is 15.5 Å². The number of rotatable bonds is 3. The maximum Gasteiger partial charge on any atom is 0.124 e. The Morgan fingerprint density at radius 2 is 1.80 bits per heavy atom. The number of phenolic OH excluding ortho intramolecular Hbond substituents is 2. The van der Waals surface area contributed by atoms with Crippen LogP contribution in [0.2, 0.25) is 0 Å². The smallest absolute Gasteiger partial charge is 0.124 e. The number of aromatic hydroxyl groups is 2. The molecular formula is C16H18BrNO2. The Morgan fingerprint density at radius 3 is 2.40 bits per heavy atom. The molecule has 4 heteroatoms. The van der Waals surface area contributed by atoms with E-state index in [9.17, 15) is 10.2 Å². The highest BCUT2D eigenvalue weighted by Crippen LogP contribution is 2.34. The van der Waals surface area contributed by atoms with Crippen LogP contribution in [0, 0.1) is 13.8 Å².